The Hall–Kier alpha value is 0.0900. The van der Waals surface area contributed by atoms with Crippen molar-refractivity contribution in [1.82, 2.24) is 4.72 Å². The third-order valence-electron chi connectivity index (χ3n) is 2.15. The summed E-state index contributed by atoms with van der Waals surface area (Å²) in [5.41, 5.74) is 0.743. The van der Waals surface area contributed by atoms with E-state index in [2.05, 4.69) is 36.6 Å². The normalized spacial score (nSPS) is 13.9. The van der Waals surface area contributed by atoms with Gasteiger partial charge in [0.15, 0.2) is 0 Å². The minimum absolute atomic E-state index is 0.579. The van der Waals surface area contributed by atoms with Crippen LogP contribution in [0.3, 0.4) is 0 Å². The molecule has 0 amide bonds. The Balaban J connectivity index is 3.18. The van der Waals surface area contributed by atoms with Crippen LogP contribution in [-0.4, -0.2) is 15.5 Å². The summed E-state index contributed by atoms with van der Waals surface area (Å²) in [6.45, 7) is 1.65. The molecule has 84 valence electrons. The van der Waals surface area contributed by atoms with E-state index in [4.69, 9.17) is 0 Å². The van der Waals surface area contributed by atoms with Gasteiger partial charge in [-0.25, -0.2) is 13.1 Å². The van der Waals surface area contributed by atoms with Gasteiger partial charge in [0.25, 0.3) is 0 Å². The van der Waals surface area contributed by atoms with Crippen LogP contribution in [0.5, 0.6) is 0 Å². The fourth-order valence-corrected chi connectivity index (χ4v) is 3.61. The average Bonchev–Trinajstić information content (AvgIpc) is 2.17. The molecule has 1 aromatic carbocycles. The van der Waals surface area contributed by atoms with E-state index in [0.717, 1.165) is 14.5 Å². The summed E-state index contributed by atoms with van der Waals surface area (Å²) in [5.74, 6) is 0. The van der Waals surface area contributed by atoms with Crippen LogP contribution in [-0.2, 0) is 10.0 Å². The lowest BCUT2D eigenvalue weighted by Crippen LogP contribution is -2.24. The molecule has 15 heavy (non-hydrogen) atoms. The van der Waals surface area contributed by atoms with Crippen molar-refractivity contribution in [2.24, 2.45) is 0 Å². The second-order valence-corrected chi connectivity index (χ2v) is 7.03. The number of hydrogen-bond donors (Lipinski definition) is 1. The predicted molar refractivity (Wildman–Crippen MR) is 68.2 cm³/mol. The molecule has 1 unspecified atom stereocenters. The van der Waals surface area contributed by atoms with Crippen molar-refractivity contribution in [3.8, 4) is 0 Å². The summed E-state index contributed by atoms with van der Waals surface area (Å²) in [6.07, 6.45) is 0. The molecule has 1 rings (SSSR count). The number of rotatable bonds is 3. The predicted octanol–water partition coefficient (Wildman–Crippen LogP) is 2.82. The molecule has 0 aromatic heterocycles. The van der Waals surface area contributed by atoms with Crippen molar-refractivity contribution in [3.05, 3.63) is 32.7 Å². The molecule has 0 aliphatic rings. The van der Waals surface area contributed by atoms with E-state index in [1.54, 1.807) is 13.0 Å². The molecule has 0 saturated carbocycles. The van der Waals surface area contributed by atoms with Gasteiger partial charge in [0.05, 0.1) is 5.25 Å². The standard InChI is InChI=1S/C9H11Br2NO2S/c1-6(15(13,14)12-2)8-4-3-7(10)5-9(8)11/h3-6,12H,1-2H3. The first kappa shape index (κ1) is 13.2. The number of benzene rings is 1. The monoisotopic (exact) mass is 355 g/mol. The van der Waals surface area contributed by atoms with Gasteiger partial charge >= 0.3 is 0 Å². The van der Waals surface area contributed by atoms with Crippen LogP contribution in [0.25, 0.3) is 0 Å². The lowest BCUT2D eigenvalue weighted by molar-refractivity contribution is 0.577. The molecule has 0 aliphatic carbocycles. The van der Waals surface area contributed by atoms with Crippen LogP contribution in [0.15, 0.2) is 27.1 Å². The van der Waals surface area contributed by atoms with Gasteiger partial charge in [-0.1, -0.05) is 37.9 Å². The highest BCUT2D eigenvalue weighted by molar-refractivity contribution is 9.11. The van der Waals surface area contributed by atoms with Crippen molar-refractivity contribution in [1.29, 1.82) is 0 Å². The van der Waals surface area contributed by atoms with Gasteiger partial charge in [-0.05, 0) is 31.7 Å². The Morgan fingerprint density at radius 3 is 2.40 bits per heavy atom. The van der Waals surface area contributed by atoms with Crippen LogP contribution in [0, 0.1) is 0 Å². The molecule has 0 radical (unpaired) electrons. The summed E-state index contributed by atoms with van der Waals surface area (Å²) >= 11 is 6.66. The maximum Gasteiger partial charge on any atom is 0.218 e. The van der Waals surface area contributed by atoms with E-state index in [0.29, 0.717) is 0 Å². The number of sulfonamides is 1. The molecule has 6 heteroatoms. The fourth-order valence-electron chi connectivity index (χ4n) is 1.18. The lowest BCUT2D eigenvalue weighted by Gasteiger charge is -2.14. The summed E-state index contributed by atoms with van der Waals surface area (Å²) < 4.78 is 27.2. The molecule has 0 bridgehead atoms. The zero-order chi connectivity index (χ0) is 11.6. The molecular formula is C9H11Br2NO2S. The summed E-state index contributed by atoms with van der Waals surface area (Å²) in [6, 6.07) is 5.44. The van der Waals surface area contributed by atoms with Gasteiger partial charge in [0.2, 0.25) is 10.0 Å². The van der Waals surface area contributed by atoms with Gasteiger partial charge in [-0.2, -0.15) is 0 Å². The SMILES string of the molecule is CNS(=O)(=O)C(C)c1ccc(Br)cc1Br. The Labute approximate surface area is 107 Å². The first-order valence-corrected chi connectivity index (χ1v) is 7.39. The molecule has 0 heterocycles. The van der Waals surface area contributed by atoms with Crippen molar-refractivity contribution < 1.29 is 8.42 Å². The maximum atomic E-state index is 11.6. The Bertz CT molecular complexity index is 459. The van der Waals surface area contributed by atoms with E-state index in [-0.39, 0.29) is 0 Å². The van der Waals surface area contributed by atoms with Crippen molar-refractivity contribution in [2.45, 2.75) is 12.2 Å². The van der Waals surface area contributed by atoms with Crippen molar-refractivity contribution in [2.75, 3.05) is 7.05 Å². The Morgan fingerprint density at radius 2 is 1.93 bits per heavy atom. The Kier molecular flexibility index (Phi) is 4.34. The zero-order valence-corrected chi connectivity index (χ0v) is 12.3. The largest absolute Gasteiger partial charge is 0.218 e. The number of nitrogens with one attached hydrogen (secondary N) is 1. The molecule has 0 spiro atoms. The molecule has 0 saturated heterocycles. The van der Waals surface area contributed by atoms with Crippen LogP contribution in [0.4, 0.5) is 0 Å². The van der Waals surface area contributed by atoms with Gasteiger partial charge in [0.1, 0.15) is 0 Å². The van der Waals surface area contributed by atoms with Gasteiger partial charge in [0, 0.05) is 8.95 Å². The highest BCUT2D eigenvalue weighted by Gasteiger charge is 2.22. The average molecular weight is 357 g/mol. The van der Waals surface area contributed by atoms with Crippen LogP contribution in [0.1, 0.15) is 17.7 Å². The van der Waals surface area contributed by atoms with Crippen LogP contribution in [0.2, 0.25) is 0 Å². The molecule has 1 aromatic rings. The van der Waals surface area contributed by atoms with E-state index in [9.17, 15) is 8.42 Å². The third-order valence-corrected chi connectivity index (χ3v) is 5.08. The zero-order valence-electron chi connectivity index (χ0n) is 8.29. The van der Waals surface area contributed by atoms with E-state index < -0.39 is 15.3 Å². The second kappa shape index (κ2) is 4.95. The molecule has 0 aliphatic heterocycles. The first-order valence-electron chi connectivity index (χ1n) is 4.26. The summed E-state index contributed by atoms with van der Waals surface area (Å²) in [5, 5.41) is -0.579. The highest BCUT2D eigenvalue weighted by Crippen LogP contribution is 2.30. The first-order chi connectivity index (χ1) is 6.88. The maximum absolute atomic E-state index is 11.6. The molecule has 0 fully saturated rings. The number of halogens is 2. The quantitative estimate of drug-likeness (QED) is 0.905. The van der Waals surface area contributed by atoms with Gasteiger partial charge in [-0.3, -0.25) is 0 Å². The van der Waals surface area contributed by atoms with Gasteiger partial charge in [-0.15, -0.1) is 0 Å². The minimum atomic E-state index is -3.28. The fraction of sp³-hybridized carbons (Fsp3) is 0.333. The van der Waals surface area contributed by atoms with Gasteiger partial charge < -0.3 is 0 Å². The van der Waals surface area contributed by atoms with Crippen molar-refractivity contribution >= 4 is 41.9 Å². The van der Waals surface area contributed by atoms with Crippen LogP contribution >= 0.6 is 31.9 Å². The molecule has 3 nitrogen and oxygen atoms in total. The van der Waals surface area contributed by atoms with E-state index in [1.165, 1.54) is 7.05 Å². The van der Waals surface area contributed by atoms with Crippen molar-refractivity contribution in [3.63, 3.8) is 0 Å². The van der Waals surface area contributed by atoms with E-state index in [1.807, 2.05) is 12.1 Å². The van der Waals surface area contributed by atoms with E-state index >= 15 is 0 Å². The highest BCUT2D eigenvalue weighted by atomic mass is 79.9. The second-order valence-electron chi connectivity index (χ2n) is 3.06. The summed E-state index contributed by atoms with van der Waals surface area (Å²) in [4.78, 5) is 0. The molecule has 1 N–H and O–H groups in total. The third kappa shape index (κ3) is 3.03. The Morgan fingerprint density at radius 1 is 1.33 bits per heavy atom. The minimum Gasteiger partial charge on any atom is -0.218 e. The molecule has 1 atom stereocenters. The topological polar surface area (TPSA) is 46.2 Å². The van der Waals surface area contributed by atoms with Crippen LogP contribution < -0.4 is 4.72 Å². The molecular weight excluding hydrogens is 346 g/mol. The summed E-state index contributed by atoms with van der Waals surface area (Å²) in [7, 11) is -1.87. The number of hydrogen-bond acceptors (Lipinski definition) is 2. The smallest absolute Gasteiger partial charge is 0.218 e. The lowest BCUT2D eigenvalue weighted by atomic mass is 10.2.